The molecule has 0 heterocycles. The van der Waals surface area contributed by atoms with Crippen LogP contribution in [0.2, 0.25) is 49.1 Å². The zero-order chi connectivity index (χ0) is 28.0. The smallest absolute Gasteiger partial charge is 0.275 e. The molecule has 0 fully saturated rings. The minimum absolute atomic E-state index is 0.239. The van der Waals surface area contributed by atoms with E-state index < -0.39 is 44.1 Å². The Hall–Kier alpha value is -0.0325. The maximum absolute atomic E-state index is 12.6. The van der Waals surface area contributed by atoms with Crippen LogP contribution in [0.4, 0.5) is 0 Å². The molecule has 8 nitrogen and oxygen atoms in total. The number of Topliss-reactive ketones (excluding diaryl/α,β-unsaturated/α-hetero) is 1. The van der Waals surface area contributed by atoms with Crippen LogP contribution >= 0.6 is 0 Å². The topological polar surface area (TPSA) is 115 Å². The molecule has 0 saturated carbocycles. The molecule has 0 atom stereocenters. The first-order chi connectivity index (χ1) is 16.4. The molecule has 0 bridgehead atoms. The first-order valence-corrected chi connectivity index (χ1v) is 24.6. The maximum Gasteiger partial charge on any atom is 0.275 e. The first kappa shape index (κ1) is 36.0. The highest BCUT2D eigenvalue weighted by atomic mass is 32.2. The van der Waals surface area contributed by atoms with Crippen molar-refractivity contribution < 1.29 is 35.3 Å². The molecule has 0 aliphatic rings. The second kappa shape index (κ2) is 16.8. The number of hydrogen-bond acceptors (Lipinski definition) is 6. The van der Waals surface area contributed by atoms with Crippen LogP contribution in [0.1, 0.15) is 58.8 Å². The van der Waals surface area contributed by atoms with Crippen molar-refractivity contribution in [3.8, 4) is 0 Å². The average Bonchev–Trinajstić information content (AvgIpc) is 2.73. The van der Waals surface area contributed by atoms with E-state index >= 15 is 0 Å². The van der Waals surface area contributed by atoms with Gasteiger partial charge in [-0.2, -0.15) is 8.42 Å². The van der Waals surface area contributed by atoms with Crippen molar-refractivity contribution in [1.82, 2.24) is 0 Å². The molecular weight excluding hydrogens is 547 g/mol. The van der Waals surface area contributed by atoms with Crippen LogP contribution in [-0.4, -0.2) is 90.2 Å². The number of unbranched alkanes of at least 4 members (excludes halogenated alkanes) is 3. The summed E-state index contributed by atoms with van der Waals surface area (Å²) in [7, 11) is -7.77. The summed E-state index contributed by atoms with van der Waals surface area (Å²) in [5.74, 6) is 0.0224. The van der Waals surface area contributed by atoms with Gasteiger partial charge in [0.05, 0.1) is 27.2 Å². The largest absolute Gasteiger partial charge is 0.455 e. The predicted molar refractivity (Wildman–Crippen MR) is 154 cm³/mol. The third-order valence-corrected chi connectivity index (χ3v) is 22.4. The monoisotopic (exact) mass is 598 g/mol. The van der Waals surface area contributed by atoms with Gasteiger partial charge in [0.15, 0.2) is 16.6 Å². The van der Waals surface area contributed by atoms with Gasteiger partial charge in [-0.25, -0.2) is 0 Å². The fourth-order valence-corrected chi connectivity index (χ4v) is 24.3. The highest BCUT2D eigenvalue weighted by Crippen LogP contribution is 2.30. The van der Waals surface area contributed by atoms with E-state index in [2.05, 4.69) is 19.6 Å². The van der Waals surface area contributed by atoms with Gasteiger partial charge in [0, 0.05) is 24.2 Å². The number of quaternary nitrogens is 1. The normalized spacial score (nSPS) is 13.1. The lowest BCUT2D eigenvalue weighted by Gasteiger charge is -2.37. The van der Waals surface area contributed by atoms with Crippen LogP contribution in [0.3, 0.4) is 0 Å². The lowest BCUT2D eigenvalue weighted by atomic mass is 10.1. The molecule has 212 valence electrons. The van der Waals surface area contributed by atoms with Crippen molar-refractivity contribution in [2.75, 3.05) is 32.9 Å². The van der Waals surface area contributed by atoms with Crippen LogP contribution in [0.25, 0.3) is 0 Å². The van der Waals surface area contributed by atoms with Crippen LogP contribution in [-0.2, 0) is 28.0 Å². The predicted octanol–water partition coefficient (Wildman–Crippen LogP) is 5.01. The number of rotatable bonds is 22. The molecule has 0 aromatic rings. The summed E-state index contributed by atoms with van der Waals surface area (Å²) in [6, 6.07) is 2.17. The maximum atomic E-state index is 12.6. The number of nitrogens with zero attached hydrogens (tertiary/aromatic N) is 1. The second-order valence-electron chi connectivity index (χ2n) is 11.8. The summed E-state index contributed by atoms with van der Waals surface area (Å²) in [6.07, 6.45) is 5.39. The van der Waals surface area contributed by atoms with E-state index in [1.165, 1.54) is 0 Å². The van der Waals surface area contributed by atoms with Gasteiger partial charge in [-0.1, -0.05) is 20.3 Å². The third kappa shape index (κ3) is 19.1. The quantitative estimate of drug-likeness (QED) is 0.0806. The summed E-state index contributed by atoms with van der Waals surface area (Å²) in [4.78, 5) is 12.4. The van der Waals surface area contributed by atoms with Crippen LogP contribution in [0.5, 0.6) is 0 Å². The molecule has 0 spiro atoms. The average molecular weight is 599 g/mol. The molecule has 0 rings (SSSR count). The minimum Gasteiger partial charge on any atom is -0.455 e. The Bertz CT molecular complexity index is 796. The van der Waals surface area contributed by atoms with E-state index in [0.717, 1.165) is 44.7 Å². The van der Waals surface area contributed by atoms with Crippen molar-refractivity contribution in [3.05, 3.63) is 0 Å². The van der Waals surface area contributed by atoms with E-state index in [1.54, 1.807) is 0 Å². The van der Waals surface area contributed by atoms with Gasteiger partial charge in [-0.05, 0) is 63.5 Å². The van der Waals surface area contributed by atoms with E-state index in [9.17, 15) is 22.1 Å². The molecule has 36 heavy (non-hydrogen) atoms. The Morgan fingerprint density at radius 1 is 0.861 bits per heavy atom. The fourth-order valence-electron chi connectivity index (χ4n) is 4.39. The van der Waals surface area contributed by atoms with Gasteiger partial charge < -0.3 is 17.5 Å². The summed E-state index contributed by atoms with van der Waals surface area (Å²) >= 11 is 0. The van der Waals surface area contributed by atoms with Crippen molar-refractivity contribution in [3.63, 3.8) is 0 Å². The molecule has 13 heteroatoms. The Morgan fingerprint density at radius 2 is 1.36 bits per heavy atom. The molecule has 0 aromatic heterocycles. The van der Waals surface area contributed by atoms with Gasteiger partial charge >= 0.3 is 0 Å². The van der Waals surface area contributed by atoms with Crippen molar-refractivity contribution in [2.45, 2.75) is 108 Å². The number of hydrogen-bond donors (Lipinski definition) is 1. The number of ketones is 1. The van der Waals surface area contributed by atoms with Crippen LogP contribution in [0.15, 0.2) is 0 Å². The number of carbonyl (C=O) groups is 1. The fraction of sp³-hybridized carbons (Fsp3) is 0.957. The lowest BCUT2D eigenvalue weighted by molar-refractivity contribution is -0.888. The van der Waals surface area contributed by atoms with Gasteiger partial charge in [-0.3, -0.25) is 9.35 Å². The Labute approximate surface area is 225 Å². The van der Waals surface area contributed by atoms with Gasteiger partial charge in [-0.15, -0.1) is 0 Å². The molecule has 0 radical (unpaired) electrons. The van der Waals surface area contributed by atoms with Gasteiger partial charge in [0.1, 0.15) is 11.5 Å². The van der Waals surface area contributed by atoms with E-state index in [1.807, 2.05) is 27.9 Å². The Morgan fingerprint density at radius 3 is 1.81 bits per heavy atom. The van der Waals surface area contributed by atoms with E-state index in [4.69, 9.17) is 8.67 Å². The number of carbonyl (C=O) groups excluding carboxylic acids is 1. The van der Waals surface area contributed by atoms with Gasteiger partial charge in [0.2, 0.25) is 0 Å². The molecule has 0 amide bonds. The zero-order valence-corrected chi connectivity index (χ0v) is 28.7. The van der Waals surface area contributed by atoms with Crippen molar-refractivity contribution in [2.24, 2.45) is 0 Å². The summed E-state index contributed by atoms with van der Waals surface area (Å²) in [5.41, 5.74) is 1.25. The van der Waals surface area contributed by atoms with Crippen molar-refractivity contribution in [1.29, 1.82) is 0 Å². The van der Waals surface area contributed by atoms with E-state index in [-0.39, 0.29) is 11.5 Å². The Kier molecular flexibility index (Phi) is 16.8. The molecule has 0 aromatic carbocycles. The van der Waals surface area contributed by atoms with Crippen molar-refractivity contribution >= 4 is 49.9 Å². The summed E-state index contributed by atoms with van der Waals surface area (Å²) in [6.45, 7) is 11.5. The SMILES string of the molecule is CC[Si](=O)C[Si](CCCCC(=O)CCCCC[N+](C)(C)CCS(=O)(=O)O)(C[Si](=O)CC)O[Si](C)(C)C. The molecular formula is C23H52NO7SSi4+. The Balaban J connectivity index is 4.61. The van der Waals surface area contributed by atoms with Gasteiger partial charge in [0.25, 0.3) is 27.5 Å². The summed E-state index contributed by atoms with van der Waals surface area (Å²) < 4.78 is 63.3. The standard InChI is InChI=1S/C23H51NO7SSi4/c1-8-33(29)21-36(22-34(30)9-2,31-35(5,6)7)20-14-12-16-23(25)15-11-10-13-17-24(3,4)18-19-32(26,27)28/h8-22H2,1-7H3/p+1. The molecule has 0 saturated heterocycles. The molecule has 0 unspecified atom stereocenters. The van der Waals surface area contributed by atoms with E-state index in [0.29, 0.717) is 47.3 Å². The third-order valence-electron chi connectivity index (χ3n) is 6.36. The first-order valence-electron chi connectivity index (χ1n) is 13.4. The lowest BCUT2D eigenvalue weighted by Crippen LogP contribution is -2.50. The minimum atomic E-state index is -3.94. The highest BCUT2D eigenvalue weighted by molar-refractivity contribution is 7.85. The van der Waals surface area contributed by atoms with Crippen LogP contribution < -0.4 is 0 Å². The molecule has 1 N–H and O–H groups in total. The second-order valence-corrected chi connectivity index (χ2v) is 27.6. The zero-order valence-electron chi connectivity index (χ0n) is 23.9. The summed E-state index contributed by atoms with van der Waals surface area (Å²) in [5, 5.41) is 0. The molecule has 0 aliphatic heterocycles. The van der Waals surface area contributed by atoms with Crippen LogP contribution in [0, 0.1) is 0 Å². The highest BCUT2D eigenvalue weighted by Gasteiger charge is 2.42. The molecule has 0 aliphatic carbocycles.